The van der Waals surface area contributed by atoms with Gasteiger partial charge in [-0.2, -0.15) is 0 Å². The van der Waals surface area contributed by atoms with Gasteiger partial charge in [-0.15, -0.1) is 0 Å². The zero-order valence-electron chi connectivity index (χ0n) is 8.10. The van der Waals surface area contributed by atoms with Gasteiger partial charge in [-0.1, -0.05) is 30.3 Å². The fourth-order valence-electron chi connectivity index (χ4n) is 2.02. The van der Waals surface area contributed by atoms with Gasteiger partial charge in [0.15, 0.2) is 5.78 Å². The number of nitrogens with zero attached hydrogens (tertiary/aromatic N) is 1. The molecule has 0 N–H and O–H groups in total. The van der Waals surface area contributed by atoms with Crippen LogP contribution in [0.5, 0.6) is 0 Å². The van der Waals surface area contributed by atoms with E-state index in [1.165, 1.54) is 0 Å². The van der Waals surface area contributed by atoms with Crippen molar-refractivity contribution in [2.75, 3.05) is 0 Å². The number of ketones is 1. The first-order chi connectivity index (χ1) is 7.36. The Morgan fingerprint density at radius 2 is 1.80 bits per heavy atom. The molecule has 1 aliphatic rings. The zero-order valence-corrected chi connectivity index (χ0v) is 8.10. The van der Waals surface area contributed by atoms with Gasteiger partial charge < -0.3 is 0 Å². The topological polar surface area (TPSA) is 30.0 Å². The van der Waals surface area contributed by atoms with Crippen molar-refractivity contribution >= 4 is 5.78 Å². The van der Waals surface area contributed by atoms with Gasteiger partial charge in [0.05, 0.1) is 5.69 Å². The summed E-state index contributed by atoms with van der Waals surface area (Å²) in [5, 5.41) is 0. The summed E-state index contributed by atoms with van der Waals surface area (Å²) >= 11 is 0. The van der Waals surface area contributed by atoms with Crippen LogP contribution in [0.15, 0.2) is 42.6 Å². The van der Waals surface area contributed by atoms with Crippen LogP contribution in [0.4, 0.5) is 0 Å². The second kappa shape index (κ2) is 3.02. The quantitative estimate of drug-likeness (QED) is 0.646. The van der Waals surface area contributed by atoms with Gasteiger partial charge in [-0.25, -0.2) is 0 Å². The second-order valence-electron chi connectivity index (χ2n) is 3.66. The molecule has 2 nitrogen and oxygen atoms in total. The van der Waals surface area contributed by atoms with Crippen molar-refractivity contribution < 1.29 is 4.79 Å². The summed E-state index contributed by atoms with van der Waals surface area (Å²) in [6, 6.07) is 11.5. The molecule has 1 aliphatic carbocycles. The number of carbonyl (C=O) groups excluding carboxylic acids is 1. The molecule has 2 heteroatoms. The third-order valence-electron chi connectivity index (χ3n) is 2.72. The molecule has 2 aromatic rings. The maximum absolute atomic E-state index is 11.8. The standard InChI is InChI=1S/C13H9NO/c15-12-8-9-4-3-7-14-13(9)11-6-2-1-5-10(11)12/h1-7H,8H2. The van der Waals surface area contributed by atoms with Crippen molar-refractivity contribution in [1.29, 1.82) is 0 Å². The average molecular weight is 195 g/mol. The largest absolute Gasteiger partial charge is 0.294 e. The van der Waals surface area contributed by atoms with E-state index in [0.717, 1.165) is 22.4 Å². The van der Waals surface area contributed by atoms with Gasteiger partial charge in [-0.05, 0) is 11.6 Å². The molecule has 0 aliphatic heterocycles. The van der Waals surface area contributed by atoms with E-state index < -0.39 is 0 Å². The Morgan fingerprint density at radius 1 is 1.00 bits per heavy atom. The summed E-state index contributed by atoms with van der Waals surface area (Å²) in [4.78, 5) is 16.2. The lowest BCUT2D eigenvalue weighted by atomic mass is 9.88. The average Bonchev–Trinajstić information content (AvgIpc) is 2.30. The molecule has 0 atom stereocenters. The molecule has 0 fully saturated rings. The first-order valence-electron chi connectivity index (χ1n) is 4.93. The molecule has 72 valence electrons. The van der Waals surface area contributed by atoms with E-state index in [0.29, 0.717) is 6.42 Å². The highest BCUT2D eigenvalue weighted by Crippen LogP contribution is 2.30. The Balaban J connectivity index is 2.34. The van der Waals surface area contributed by atoms with Crippen molar-refractivity contribution in [3.05, 3.63) is 53.7 Å². The molecule has 0 saturated heterocycles. The van der Waals surface area contributed by atoms with E-state index in [1.807, 2.05) is 36.4 Å². The van der Waals surface area contributed by atoms with Crippen LogP contribution in [-0.2, 0) is 6.42 Å². The minimum absolute atomic E-state index is 0.186. The number of hydrogen-bond donors (Lipinski definition) is 0. The SMILES string of the molecule is O=C1Cc2cccnc2-c2ccccc21. The lowest BCUT2D eigenvalue weighted by Gasteiger charge is -2.16. The van der Waals surface area contributed by atoms with Crippen LogP contribution in [0.1, 0.15) is 15.9 Å². The van der Waals surface area contributed by atoms with Gasteiger partial charge in [-0.3, -0.25) is 9.78 Å². The third-order valence-corrected chi connectivity index (χ3v) is 2.72. The molecule has 1 aromatic carbocycles. The van der Waals surface area contributed by atoms with Crippen LogP contribution < -0.4 is 0 Å². The minimum Gasteiger partial charge on any atom is -0.294 e. The van der Waals surface area contributed by atoms with E-state index in [-0.39, 0.29) is 5.78 Å². The zero-order chi connectivity index (χ0) is 10.3. The van der Waals surface area contributed by atoms with E-state index in [1.54, 1.807) is 6.20 Å². The molecule has 15 heavy (non-hydrogen) atoms. The number of hydrogen-bond acceptors (Lipinski definition) is 2. The van der Waals surface area contributed by atoms with Crippen LogP contribution in [0.2, 0.25) is 0 Å². The first kappa shape index (κ1) is 8.36. The lowest BCUT2D eigenvalue weighted by Crippen LogP contribution is -2.12. The van der Waals surface area contributed by atoms with Crippen LogP contribution >= 0.6 is 0 Å². The first-order valence-corrected chi connectivity index (χ1v) is 4.93. The fraction of sp³-hybridized carbons (Fsp3) is 0.0769. The summed E-state index contributed by atoms with van der Waals surface area (Å²) in [5.41, 5.74) is 3.74. The molecule has 0 amide bonds. The highest BCUT2D eigenvalue weighted by Gasteiger charge is 2.22. The molecule has 3 rings (SSSR count). The number of aromatic nitrogens is 1. The molecule has 0 saturated carbocycles. The number of fused-ring (bicyclic) bond motifs is 3. The van der Waals surface area contributed by atoms with Crippen molar-refractivity contribution in [2.45, 2.75) is 6.42 Å². The predicted octanol–water partition coefficient (Wildman–Crippen LogP) is 2.49. The van der Waals surface area contributed by atoms with E-state index in [2.05, 4.69) is 4.98 Å². The van der Waals surface area contributed by atoms with Crippen molar-refractivity contribution in [3.63, 3.8) is 0 Å². The van der Waals surface area contributed by atoms with Gasteiger partial charge in [0, 0.05) is 23.7 Å². The third kappa shape index (κ3) is 1.18. The summed E-state index contributed by atoms with van der Waals surface area (Å²) < 4.78 is 0. The van der Waals surface area contributed by atoms with Gasteiger partial charge in [0.1, 0.15) is 0 Å². The van der Waals surface area contributed by atoms with Crippen molar-refractivity contribution in [3.8, 4) is 11.3 Å². The van der Waals surface area contributed by atoms with E-state index in [4.69, 9.17) is 0 Å². The second-order valence-corrected chi connectivity index (χ2v) is 3.66. The highest BCUT2D eigenvalue weighted by atomic mass is 16.1. The Labute approximate surface area is 87.6 Å². The van der Waals surface area contributed by atoms with E-state index in [9.17, 15) is 4.79 Å². The summed E-state index contributed by atoms with van der Waals surface area (Å²) in [6.45, 7) is 0. The molecule has 1 aromatic heterocycles. The Kier molecular flexibility index (Phi) is 1.68. The monoisotopic (exact) mass is 195 g/mol. The number of carbonyl (C=O) groups is 1. The maximum atomic E-state index is 11.8. The number of Topliss-reactive ketones (excluding diaryl/α,β-unsaturated/α-hetero) is 1. The Bertz CT molecular complexity index is 546. The number of benzene rings is 1. The highest BCUT2D eigenvalue weighted by molar-refractivity contribution is 6.06. The van der Waals surface area contributed by atoms with Crippen molar-refractivity contribution in [2.24, 2.45) is 0 Å². The van der Waals surface area contributed by atoms with E-state index >= 15 is 0 Å². The Hall–Kier alpha value is -1.96. The normalized spacial score (nSPS) is 13.2. The number of rotatable bonds is 0. The van der Waals surface area contributed by atoms with Crippen molar-refractivity contribution in [1.82, 2.24) is 4.98 Å². The van der Waals surface area contributed by atoms with Crippen LogP contribution in [0.25, 0.3) is 11.3 Å². The predicted molar refractivity (Wildman–Crippen MR) is 57.7 cm³/mol. The smallest absolute Gasteiger partial charge is 0.167 e. The minimum atomic E-state index is 0.186. The summed E-state index contributed by atoms with van der Waals surface area (Å²) in [6.07, 6.45) is 2.24. The molecule has 0 bridgehead atoms. The van der Waals surface area contributed by atoms with Gasteiger partial charge >= 0.3 is 0 Å². The summed E-state index contributed by atoms with van der Waals surface area (Å²) in [7, 11) is 0. The molecule has 0 radical (unpaired) electrons. The van der Waals surface area contributed by atoms with Gasteiger partial charge in [0.2, 0.25) is 0 Å². The molecule has 0 spiro atoms. The van der Waals surface area contributed by atoms with Crippen LogP contribution in [-0.4, -0.2) is 10.8 Å². The molecular formula is C13H9NO. The van der Waals surface area contributed by atoms with Gasteiger partial charge in [0.25, 0.3) is 0 Å². The summed E-state index contributed by atoms with van der Waals surface area (Å²) in [5.74, 6) is 0.186. The Morgan fingerprint density at radius 3 is 2.67 bits per heavy atom. The van der Waals surface area contributed by atoms with Crippen LogP contribution in [0.3, 0.4) is 0 Å². The molecule has 1 heterocycles. The fourth-order valence-corrected chi connectivity index (χ4v) is 2.02. The van der Waals surface area contributed by atoms with Crippen LogP contribution in [0, 0.1) is 0 Å². The molecule has 0 unspecified atom stereocenters. The lowest BCUT2D eigenvalue weighted by molar-refractivity contribution is 0.0991. The molecular weight excluding hydrogens is 186 g/mol. The maximum Gasteiger partial charge on any atom is 0.167 e. The number of pyridine rings is 1.